The molecule has 0 amide bonds. The molecule has 3 rings (SSSR count). The number of aromatic nitrogens is 2. The van der Waals surface area contributed by atoms with E-state index < -0.39 is 34.4 Å². The minimum absolute atomic E-state index is 0.0237. The van der Waals surface area contributed by atoms with E-state index in [1.165, 1.54) is 43.4 Å². The number of rotatable bonds is 6. The molecule has 0 aliphatic heterocycles. The number of fused-ring (bicyclic) bond motifs is 1. The number of nitrogens with zero attached hydrogens (tertiary/aromatic N) is 2. The molecule has 0 saturated heterocycles. The highest BCUT2D eigenvalue weighted by Gasteiger charge is 2.38. The van der Waals surface area contributed by atoms with Crippen LogP contribution in [0.15, 0.2) is 59.3 Å². The summed E-state index contributed by atoms with van der Waals surface area (Å²) in [5, 5.41) is 0. The van der Waals surface area contributed by atoms with Gasteiger partial charge in [-0.25, -0.2) is 22.5 Å². The highest BCUT2D eigenvalue weighted by Crippen LogP contribution is 2.36. The highest BCUT2D eigenvalue weighted by atomic mass is 32.2. The number of imidazole rings is 1. The van der Waals surface area contributed by atoms with E-state index in [0.29, 0.717) is 5.56 Å². The van der Waals surface area contributed by atoms with Crippen molar-refractivity contribution < 1.29 is 26.0 Å². The van der Waals surface area contributed by atoms with Crippen LogP contribution in [0.3, 0.4) is 0 Å². The number of benzene rings is 2. The molecule has 3 N–H and O–H groups in total. The molecule has 11 heteroatoms. The van der Waals surface area contributed by atoms with Crippen LogP contribution in [0.1, 0.15) is 5.82 Å². The number of hydrogen-bond donors (Lipinski definition) is 2. The van der Waals surface area contributed by atoms with Gasteiger partial charge in [-0.15, -0.1) is 0 Å². The number of hydrogen-bond acceptors (Lipinski definition) is 4. The molecule has 0 unspecified atom stereocenters. The molecule has 0 aliphatic rings. The van der Waals surface area contributed by atoms with Gasteiger partial charge in [-0.1, -0.05) is 24.3 Å². The summed E-state index contributed by atoms with van der Waals surface area (Å²) < 4.78 is 81.8. The zero-order valence-corrected chi connectivity index (χ0v) is 16.6. The summed E-state index contributed by atoms with van der Waals surface area (Å²) >= 11 is 0. The van der Waals surface area contributed by atoms with E-state index in [1.54, 1.807) is 6.07 Å². The van der Waals surface area contributed by atoms with Crippen molar-refractivity contribution in [2.45, 2.75) is 17.6 Å². The second-order valence-electron chi connectivity index (χ2n) is 6.31. The fraction of sp³-hybridized carbons (Fsp3) is 0.211. The lowest BCUT2D eigenvalue weighted by Gasteiger charge is -2.10. The Bertz CT molecular complexity index is 1220. The molecule has 0 saturated carbocycles. The van der Waals surface area contributed by atoms with Crippen LogP contribution in [-0.4, -0.2) is 31.6 Å². The quantitative estimate of drug-likeness (QED) is 0.573. The average Bonchev–Trinajstić information content (AvgIpc) is 3.07. The predicted molar refractivity (Wildman–Crippen MR) is 105 cm³/mol. The first-order chi connectivity index (χ1) is 14.1. The average molecular weight is 442 g/mol. The summed E-state index contributed by atoms with van der Waals surface area (Å²) in [4.78, 5) is 3.68. The number of para-hydroxylation sites is 1. The van der Waals surface area contributed by atoms with E-state index in [-0.39, 0.29) is 28.0 Å². The monoisotopic (exact) mass is 442 g/mol. The third kappa shape index (κ3) is 4.23. The van der Waals surface area contributed by atoms with E-state index in [2.05, 4.69) is 9.71 Å². The Morgan fingerprint density at radius 3 is 2.57 bits per heavy atom. The van der Waals surface area contributed by atoms with Crippen LogP contribution in [0.5, 0.6) is 0 Å². The van der Waals surface area contributed by atoms with E-state index >= 15 is 0 Å². The first-order valence-corrected chi connectivity index (χ1v) is 10.2. The van der Waals surface area contributed by atoms with Crippen LogP contribution in [0.4, 0.5) is 17.6 Å². The zero-order chi connectivity index (χ0) is 22.1. The predicted octanol–water partition coefficient (Wildman–Crippen LogP) is 3.44. The molecule has 3 aromatic rings. The molecular formula is C19H18F4N4O2S. The van der Waals surface area contributed by atoms with Gasteiger partial charge in [0.05, 0.1) is 22.5 Å². The van der Waals surface area contributed by atoms with Crippen molar-refractivity contribution in [2.24, 2.45) is 5.73 Å². The SMILES string of the molecule is CNS(=O)(=O)c1cccc(-c2cccc3c2nc(C(F)(F)F)n3CC(F)=CCN)c1. The van der Waals surface area contributed by atoms with Crippen molar-refractivity contribution in [1.82, 2.24) is 14.3 Å². The highest BCUT2D eigenvalue weighted by molar-refractivity contribution is 7.89. The van der Waals surface area contributed by atoms with Crippen LogP contribution >= 0.6 is 0 Å². The molecule has 30 heavy (non-hydrogen) atoms. The third-order valence-electron chi connectivity index (χ3n) is 4.41. The number of nitrogens with two attached hydrogens (primary N) is 1. The van der Waals surface area contributed by atoms with Crippen LogP contribution in [0.25, 0.3) is 22.2 Å². The molecule has 0 fully saturated rings. The molecule has 0 bridgehead atoms. The van der Waals surface area contributed by atoms with E-state index in [1.807, 2.05) is 0 Å². The number of sulfonamides is 1. The third-order valence-corrected chi connectivity index (χ3v) is 5.82. The maximum atomic E-state index is 14.0. The van der Waals surface area contributed by atoms with Gasteiger partial charge in [0.15, 0.2) is 0 Å². The van der Waals surface area contributed by atoms with E-state index in [4.69, 9.17) is 5.73 Å². The van der Waals surface area contributed by atoms with Crippen LogP contribution in [-0.2, 0) is 22.7 Å². The lowest BCUT2D eigenvalue weighted by atomic mass is 10.0. The van der Waals surface area contributed by atoms with Gasteiger partial charge < -0.3 is 10.3 Å². The first kappa shape index (κ1) is 21.9. The number of halogens is 4. The van der Waals surface area contributed by atoms with Crippen LogP contribution < -0.4 is 10.5 Å². The fourth-order valence-corrected chi connectivity index (χ4v) is 3.82. The Morgan fingerprint density at radius 2 is 1.93 bits per heavy atom. The zero-order valence-electron chi connectivity index (χ0n) is 15.7. The molecule has 160 valence electrons. The van der Waals surface area contributed by atoms with Gasteiger partial charge in [0.25, 0.3) is 0 Å². The normalized spacial score (nSPS) is 13.2. The Kier molecular flexibility index (Phi) is 5.97. The van der Waals surface area contributed by atoms with Crippen molar-refractivity contribution in [3.05, 3.63) is 60.2 Å². The van der Waals surface area contributed by atoms with Crippen molar-refractivity contribution in [3.8, 4) is 11.1 Å². The van der Waals surface area contributed by atoms with Gasteiger partial charge in [-0.05, 0) is 36.9 Å². The lowest BCUT2D eigenvalue weighted by Crippen LogP contribution is -2.18. The topological polar surface area (TPSA) is 90.0 Å². The van der Waals surface area contributed by atoms with Gasteiger partial charge in [-0.2, -0.15) is 13.2 Å². The molecule has 1 aromatic heterocycles. The van der Waals surface area contributed by atoms with Crippen LogP contribution in [0.2, 0.25) is 0 Å². The molecule has 0 spiro atoms. The Balaban J connectivity index is 2.26. The van der Waals surface area contributed by atoms with Crippen LogP contribution in [0, 0.1) is 0 Å². The van der Waals surface area contributed by atoms with Gasteiger partial charge in [0.1, 0.15) is 5.83 Å². The second kappa shape index (κ2) is 8.17. The minimum Gasteiger partial charge on any atom is -0.327 e. The van der Waals surface area contributed by atoms with Gasteiger partial charge >= 0.3 is 6.18 Å². The molecule has 0 radical (unpaired) electrons. The van der Waals surface area contributed by atoms with Gasteiger partial charge in [-0.3, -0.25) is 0 Å². The summed E-state index contributed by atoms with van der Waals surface area (Å²) in [5.41, 5.74) is 5.91. The standard InChI is InChI=1S/C19H18F4N4O2S/c1-25-30(28,29)14-5-2-4-12(10-14)15-6-3-7-16-17(15)26-18(19(21,22)23)27(16)11-13(20)8-9-24/h2-8,10,25H,9,11,24H2,1H3. The van der Waals surface area contributed by atoms with Gasteiger partial charge in [0.2, 0.25) is 15.8 Å². The van der Waals surface area contributed by atoms with Crippen molar-refractivity contribution in [3.63, 3.8) is 0 Å². The Hall–Kier alpha value is -2.76. The molecule has 6 nitrogen and oxygen atoms in total. The summed E-state index contributed by atoms with van der Waals surface area (Å²) in [6, 6.07) is 10.2. The number of allylic oxidation sites excluding steroid dienone is 1. The number of nitrogens with one attached hydrogen (secondary N) is 1. The first-order valence-electron chi connectivity index (χ1n) is 8.73. The fourth-order valence-electron chi connectivity index (χ4n) is 3.05. The Morgan fingerprint density at radius 1 is 1.23 bits per heavy atom. The molecule has 2 aromatic carbocycles. The smallest absolute Gasteiger partial charge is 0.327 e. The summed E-state index contributed by atoms with van der Waals surface area (Å²) in [6.07, 6.45) is -3.83. The summed E-state index contributed by atoms with van der Waals surface area (Å²) in [5.74, 6) is -2.08. The van der Waals surface area contributed by atoms with Crippen molar-refractivity contribution in [1.29, 1.82) is 0 Å². The summed E-state index contributed by atoms with van der Waals surface area (Å²) in [7, 11) is -2.50. The van der Waals surface area contributed by atoms with Crippen molar-refractivity contribution >= 4 is 21.1 Å². The van der Waals surface area contributed by atoms with E-state index in [9.17, 15) is 26.0 Å². The molecule has 1 heterocycles. The second-order valence-corrected chi connectivity index (χ2v) is 8.20. The lowest BCUT2D eigenvalue weighted by molar-refractivity contribution is -0.146. The molecular weight excluding hydrogens is 424 g/mol. The van der Waals surface area contributed by atoms with E-state index in [0.717, 1.165) is 10.6 Å². The summed E-state index contributed by atoms with van der Waals surface area (Å²) in [6.45, 7) is -0.835. The molecule has 0 atom stereocenters. The maximum absolute atomic E-state index is 14.0. The minimum atomic E-state index is -4.82. The molecule has 0 aliphatic carbocycles. The number of alkyl halides is 3. The Labute approximate surface area is 170 Å². The maximum Gasteiger partial charge on any atom is 0.449 e. The largest absolute Gasteiger partial charge is 0.449 e. The van der Waals surface area contributed by atoms with Gasteiger partial charge in [0, 0.05) is 12.1 Å². The van der Waals surface area contributed by atoms with Crippen molar-refractivity contribution in [2.75, 3.05) is 13.6 Å².